The molecule has 0 N–H and O–H groups in total. The molecule has 0 aliphatic carbocycles. The van der Waals surface area contributed by atoms with Crippen molar-refractivity contribution in [1.29, 1.82) is 0 Å². The molecule has 1 aliphatic rings. The Bertz CT molecular complexity index is 1650. The highest BCUT2D eigenvalue weighted by molar-refractivity contribution is 7.13. The summed E-state index contributed by atoms with van der Waals surface area (Å²) in [5.41, 5.74) is 4.63. The number of piperidine rings is 1. The number of ether oxygens (including phenoxy) is 3. The fraction of sp³-hybridized carbons (Fsp3) is 0.303. The predicted molar refractivity (Wildman–Crippen MR) is 174 cm³/mol. The number of aromatic nitrogens is 4. The maximum atomic E-state index is 6.26. The van der Waals surface area contributed by atoms with Gasteiger partial charge in [-0.25, -0.2) is 14.6 Å². The molecule has 2 aromatic carbocycles. The summed E-state index contributed by atoms with van der Waals surface area (Å²) in [6.45, 7) is 5.00. The van der Waals surface area contributed by atoms with E-state index in [4.69, 9.17) is 24.3 Å². The average Bonchev–Trinajstić information content (AvgIpc) is 3.83. The van der Waals surface area contributed by atoms with Crippen LogP contribution in [0.2, 0.25) is 0 Å². The van der Waals surface area contributed by atoms with Crippen molar-refractivity contribution in [2.75, 3.05) is 25.1 Å². The Morgan fingerprint density at radius 2 is 1.74 bits per heavy atom. The molecule has 10 heteroatoms. The van der Waals surface area contributed by atoms with Crippen molar-refractivity contribution in [3.05, 3.63) is 93.0 Å². The SMILES string of the molecule is CCc1nc(C=Cc2cn(-c3ccccc3)nc2OCc2ccc(OCc3csc(N4CCCCC4)n3)c(OC)c2)cs1. The van der Waals surface area contributed by atoms with Crippen LogP contribution in [-0.2, 0) is 19.6 Å². The van der Waals surface area contributed by atoms with Gasteiger partial charge in [-0.15, -0.1) is 27.8 Å². The molecule has 1 fully saturated rings. The number of methoxy groups -OCH3 is 1. The molecular formula is C33H35N5O3S2. The minimum Gasteiger partial charge on any atom is -0.493 e. The van der Waals surface area contributed by atoms with Gasteiger partial charge in [-0.1, -0.05) is 31.2 Å². The summed E-state index contributed by atoms with van der Waals surface area (Å²) >= 11 is 3.36. The molecule has 1 saturated heterocycles. The van der Waals surface area contributed by atoms with Gasteiger partial charge in [-0.05, 0) is 67.7 Å². The van der Waals surface area contributed by atoms with E-state index in [1.54, 1.807) is 29.8 Å². The van der Waals surface area contributed by atoms with Gasteiger partial charge in [0.1, 0.15) is 13.2 Å². The van der Waals surface area contributed by atoms with Crippen LogP contribution in [0.25, 0.3) is 17.8 Å². The normalized spacial score (nSPS) is 13.5. The number of thiazole rings is 2. The van der Waals surface area contributed by atoms with Crippen molar-refractivity contribution in [2.24, 2.45) is 0 Å². The van der Waals surface area contributed by atoms with Gasteiger partial charge in [0.2, 0.25) is 5.88 Å². The summed E-state index contributed by atoms with van der Waals surface area (Å²) in [4.78, 5) is 11.8. The van der Waals surface area contributed by atoms with Gasteiger partial charge in [0.05, 0.1) is 34.8 Å². The molecule has 4 heterocycles. The van der Waals surface area contributed by atoms with E-state index in [0.717, 1.165) is 57.9 Å². The highest BCUT2D eigenvalue weighted by Gasteiger charge is 2.16. The van der Waals surface area contributed by atoms with Crippen molar-refractivity contribution in [1.82, 2.24) is 19.7 Å². The maximum Gasteiger partial charge on any atom is 0.240 e. The number of aryl methyl sites for hydroxylation is 1. The lowest BCUT2D eigenvalue weighted by Crippen LogP contribution is -2.29. The van der Waals surface area contributed by atoms with Crippen LogP contribution >= 0.6 is 22.7 Å². The minimum atomic E-state index is 0.325. The Labute approximate surface area is 260 Å². The van der Waals surface area contributed by atoms with Crippen molar-refractivity contribution in [3.63, 3.8) is 0 Å². The molecule has 5 aromatic rings. The van der Waals surface area contributed by atoms with E-state index in [0.29, 0.717) is 30.6 Å². The zero-order valence-corrected chi connectivity index (χ0v) is 26.1. The van der Waals surface area contributed by atoms with Crippen LogP contribution in [-0.4, -0.2) is 39.9 Å². The summed E-state index contributed by atoms with van der Waals surface area (Å²) in [6.07, 6.45) is 10.7. The first-order valence-corrected chi connectivity index (χ1v) is 16.3. The molecule has 222 valence electrons. The van der Waals surface area contributed by atoms with Gasteiger partial charge >= 0.3 is 0 Å². The highest BCUT2D eigenvalue weighted by Crippen LogP contribution is 2.31. The Morgan fingerprint density at radius 3 is 2.53 bits per heavy atom. The second-order valence-corrected chi connectivity index (χ2v) is 12.0. The van der Waals surface area contributed by atoms with Crippen LogP contribution in [0.15, 0.2) is 65.5 Å². The molecule has 6 rings (SSSR count). The number of hydrogen-bond acceptors (Lipinski definition) is 9. The van der Waals surface area contributed by atoms with E-state index in [-0.39, 0.29) is 0 Å². The standard InChI is InChI=1S/C33H35N5O3S2/c1-3-31-34-26(22-42-31)14-13-25-19-38(28-10-6-4-7-11-28)36-32(25)41-20-24-12-15-29(30(18-24)39-2)40-21-27-23-43-33(35-27)37-16-8-5-9-17-37/h4,6-7,10-15,18-19,22-23H,3,5,8-9,16-17,20-21H2,1-2H3. The molecule has 0 radical (unpaired) electrons. The third-order valence-corrected chi connectivity index (χ3v) is 9.14. The van der Waals surface area contributed by atoms with Gasteiger partial charge in [-0.3, -0.25) is 0 Å². The molecule has 8 nitrogen and oxygen atoms in total. The lowest BCUT2D eigenvalue weighted by atomic mass is 10.1. The monoisotopic (exact) mass is 613 g/mol. The molecule has 0 amide bonds. The smallest absolute Gasteiger partial charge is 0.240 e. The first-order valence-electron chi connectivity index (χ1n) is 14.6. The number of hydrogen-bond donors (Lipinski definition) is 0. The van der Waals surface area contributed by atoms with Gasteiger partial charge in [0, 0.05) is 30.0 Å². The van der Waals surface area contributed by atoms with E-state index in [1.165, 1.54) is 19.3 Å². The molecule has 0 saturated carbocycles. The highest BCUT2D eigenvalue weighted by atomic mass is 32.1. The third-order valence-electron chi connectivity index (χ3n) is 7.18. The van der Waals surface area contributed by atoms with E-state index in [1.807, 2.05) is 71.6 Å². The van der Waals surface area contributed by atoms with E-state index in [2.05, 4.69) is 27.6 Å². The second-order valence-electron chi connectivity index (χ2n) is 10.3. The lowest BCUT2D eigenvalue weighted by Gasteiger charge is -2.25. The fourth-order valence-corrected chi connectivity index (χ4v) is 6.44. The van der Waals surface area contributed by atoms with Crippen molar-refractivity contribution in [2.45, 2.75) is 45.8 Å². The van der Waals surface area contributed by atoms with Crippen LogP contribution in [0.5, 0.6) is 17.4 Å². The maximum absolute atomic E-state index is 6.26. The van der Waals surface area contributed by atoms with Gasteiger partial charge in [0.15, 0.2) is 16.6 Å². The topological polar surface area (TPSA) is 74.5 Å². The number of benzene rings is 2. The fourth-order valence-electron chi connectivity index (χ4n) is 4.87. The number of para-hydroxylation sites is 1. The minimum absolute atomic E-state index is 0.325. The summed E-state index contributed by atoms with van der Waals surface area (Å²) in [5, 5.41) is 11.1. The zero-order valence-electron chi connectivity index (χ0n) is 24.4. The van der Waals surface area contributed by atoms with Crippen LogP contribution in [0.4, 0.5) is 5.13 Å². The molecule has 0 atom stereocenters. The first kappa shape index (κ1) is 28.9. The van der Waals surface area contributed by atoms with E-state index >= 15 is 0 Å². The molecule has 0 bridgehead atoms. The summed E-state index contributed by atoms with van der Waals surface area (Å²) < 4.78 is 19.9. The molecule has 0 spiro atoms. The Balaban J connectivity index is 1.14. The van der Waals surface area contributed by atoms with Crippen LogP contribution in [0, 0.1) is 0 Å². The molecule has 0 unspecified atom stereocenters. The Hall–Kier alpha value is -4.15. The third kappa shape index (κ3) is 7.26. The Kier molecular flexibility index (Phi) is 9.34. The first-order chi connectivity index (χ1) is 21.2. The van der Waals surface area contributed by atoms with Crippen molar-refractivity contribution in [3.8, 4) is 23.1 Å². The molecular weight excluding hydrogens is 579 g/mol. The van der Waals surface area contributed by atoms with E-state index < -0.39 is 0 Å². The number of nitrogens with zero attached hydrogens (tertiary/aromatic N) is 5. The van der Waals surface area contributed by atoms with Gasteiger partial charge in [0.25, 0.3) is 0 Å². The summed E-state index contributed by atoms with van der Waals surface area (Å²) in [7, 11) is 1.65. The quantitative estimate of drug-likeness (QED) is 0.143. The number of rotatable bonds is 12. The van der Waals surface area contributed by atoms with Crippen LogP contribution in [0.3, 0.4) is 0 Å². The lowest BCUT2D eigenvalue weighted by molar-refractivity contribution is 0.276. The van der Waals surface area contributed by atoms with Gasteiger partial charge < -0.3 is 19.1 Å². The molecule has 43 heavy (non-hydrogen) atoms. The summed E-state index contributed by atoms with van der Waals surface area (Å²) in [5.74, 6) is 1.86. The zero-order chi connectivity index (χ0) is 29.4. The van der Waals surface area contributed by atoms with Crippen molar-refractivity contribution < 1.29 is 14.2 Å². The molecule has 3 aromatic heterocycles. The van der Waals surface area contributed by atoms with Crippen LogP contribution in [0.1, 0.15) is 53.7 Å². The molecule has 1 aliphatic heterocycles. The summed E-state index contributed by atoms with van der Waals surface area (Å²) in [6, 6.07) is 15.9. The predicted octanol–water partition coefficient (Wildman–Crippen LogP) is 7.68. The largest absolute Gasteiger partial charge is 0.493 e. The second kappa shape index (κ2) is 13.9. The van der Waals surface area contributed by atoms with Crippen molar-refractivity contribution >= 4 is 40.0 Å². The van der Waals surface area contributed by atoms with Crippen LogP contribution < -0.4 is 19.1 Å². The van der Waals surface area contributed by atoms with E-state index in [9.17, 15) is 0 Å². The Morgan fingerprint density at radius 1 is 0.884 bits per heavy atom. The average molecular weight is 614 g/mol. The van der Waals surface area contributed by atoms with Gasteiger partial charge in [-0.2, -0.15) is 0 Å². The number of anilines is 1.